The van der Waals surface area contributed by atoms with E-state index in [9.17, 15) is 4.79 Å². The van der Waals surface area contributed by atoms with Crippen LogP contribution >= 0.6 is 0 Å². The SMILES string of the molecule is CC1(C)CCC(C(=O)C2=CCCO2)CC1. The number of ketones is 1. The lowest BCUT2D eigenvalue weighted by atomic mass is 9.72. The molecule has 0 N–H and O–H groups in total. The number of hydrogen-bond acceptors (Lipinski definition) is 2. The maximum Gasteiger partial charge on any atom is 0.200 e. The Balaban J connectivity index is 1.93. The van der Waals surface area contributed by atoms with Crippen LogP contribution in [0.1, 0.15) is 46.0 Å². The molecule has 1 aliphatic carbocycles. The fourth-order valence-corrected chi connectivity index (χ4v) is 2.45. The Morgan fingerprint density at radius 2 is 2.07 bits per heavy atom. The summed E-state index contributed by atoms with van der Waals surface area (Å²) in [5.41, 5.74) is 0.432. The van der Waals surface area contributed by atoms with Gasteiger partial charge in [0.05, 0.1) is 6.61 Å². The van der Waals surface area contributed by atoms with Gasteiger partial charge in [-0.2, -0.15) is 0 Å². The first kappa shape index (κ1) is 10.7. The van der Waals surface area contributed by atoms with Crippen molar-refractivity contribution in [2.24, 2.45) is 11.3 Å². The van der Waals surface area contributed by atoms with Gasteiger partial charge in [0.2, 0.25) is 0 Å². The summed E-state index contributed by atoms with van der Waals surface area (Å²) in [7, 11) is 0. The van der Waals surface area contributed by atoms with Gasteiger partial charge in [-0.3, -0.25) is 4.79 Å². The Bertz CT molecular complexity index is 279. The van der Waals surface area contributed by atoms with E-state index in [1.54, 1.807) is 0 Å². The molecule has 15 heavy (non-hydrogen) atoms. The van der Waals surface area contributed by atoms with Gasteiger partial charge < -0.3 is 4.74 Å². The second-order valence-corrected chi connectivity index (χ2v) is 5.51. The number of Topliss-reactive ketones (excluding diaryl/α,β-unsaturated/α-hetero) is 1. The predicted octanol–water partition coefficient (Wildman–Crippen LogP) is 3.08. The van der Waals surface area contributed by atoms with Gasteiger partial charge in [0, 0.05) is 12.3 Å². The molecule has 1 heterocycles. The first-order valence-electron chi connectivity index (χ1n) is 5.96. The molecule has 0 bridgehead atoms. The predicted molar refractivity (Wildman–Crippen MR) is 59.4 cm³/mol. The molecule has 1 fully saturated rings. The molecule has 1 aliphatic heterocycles. The topological polar surface area (TPSA) is 26.3 Å². The summed E-state index contributed by atoms with van der Waals surface area (Å²) >= 11 is 0. The molecular weight excluding hydrogens is 188 g/mol. The normalized spacial score (nSPS) is 25.9. The first-order valence-corrected chi connectivity index (χ1v) is 5.96. The Kier molecular flexibility index (Phi) is 2.85. The van der Waals surface area contributed by atoms with Gasteiger partial charge in [-0.15, -0.1) is 0 Å². The van der Waals surface area contributed by atoms with Crippen LogP contribution in [0.4, 0.5) is 0 Å². The highest BCUT2D eigenvalue weighted by atomic mass is 16.5. The average Bonchev–Trinajstić information content (AvgIpc) is 2.69. The van der Waals surface area contributed by atoms with Crippen LogP contribution in [0.15, 0.2) is 11.8 Å². The van der Waals surface area contributed by atoms with E-state index in [1.807, 2.05) is 6.08 Å². The zero-order chi connectivity index (χ0) is 10.9. The zero-order valence-electron chi connectivity index (χ0n) is 9.71. The number of carbonyl (C=O) groups excluding carboxylic acids is 1. The second-order valence-electron chi connectivity index (χ2n) is 5.51. The van der Waals surface area contributed by atoms with Crippen molar-refractivity contribution >= 4 is 5.78 Å². The molecule has 2 heteroatoms. The molecule has 0 aromatic heterocycles. The van der Waals surface area contributed by atoms with Crippen LogP contribution in [0, 0.1) is 11.3 Å². The molecule has 0 aromatic rings. The summed E-state index contributed by atoms with van der Waals surface area (Å²) in [6, 6.07) is 0. The Labute approximate surface area is 91.7 Å². The molecule has 1 saturated carbocycles. The Morgan fingerprint density at radius 3 is 2.60 bits per heavy atom. The summed E-state index contributed by atoms with van der Waals surface area (Å²) in [5, 5.41) is 0. The van der Waals surface area contributed by atoms with Crippen LogP contribution in [0.2, 0.25) is 0 Å². The smallest absolute Gasteiger partial charge is 0.200 e. The van der Waals surface area contributed by atoms with Gasteiger partial charge in [-0.05, 0) is 37.2 Å². The number of allylic oxidation sites excluding steroid dienone is 1. The molecule has 0 saturated heterocycles. The maximum atomic E-state index is 12.0. The van der Waals surface area contributed by atoms with E-state index in [0.29, 0.717) is 17.8 Å². The fourth-order valence-electron chi connectivity index (χ4n) is 2.45. The lowest BCUT2D eigenvalue weighted by Gasteiger charge is -2.33. The summed E-state index contributed by atoms with van der Waals surface area (Å²) in [4.78, 5) is 12.0. The van der Waals surface area contributed by atoms with Crippen LogP contribution in [-0.4, -0.2) is 12.4 Å². The molecule has 0 atom stereocenters. The molecule has 0 aromatic carbocycles. The van der Waals surface area contributed by atoms with Gasteiger partial charge in [0.1, 0.15) is 0 Å². The summed E-state index contributed by atoms with van der Waals surface area (Å²) < 4.78 is 5.33. The summed E-state index contributed by atoms with van der Waals surface area (Å²) in [5.74, 6) is 1.12. The van der Waals surface area contributed by atoms with E-state index in [-0.39, 0.29) is 11.7 Å². The van der Waals surface area contributed by atoms with E-state index >= 15 is 0 Å². The lowest BCUT2D eigenvalue weighted by molar-refractivity contribution is -0.123. The molecule has 2 nitrogen and oxygen atoms in total. The molecule has 2 rings (SSSR count). The van der Waals surface area contributed by atoms with E-state index in [2.05, 4.69) is 13.8 Å². The third kappa shape index (κ3) is 2.42. The van der Waals surface area contributed by atoms with Crippen LogP contribution in [-0.2, 0) is 9.53 Å². The van der Waals surface area contributed by atoms with Gasteiger partial charge in [-0.1, -0.05) is 13.8 Å². The van der Waals surface area contributed by atoms with Crippen molar-refractivity contribution in [3.05, 3.63) is 11.8 Å². The molecule has 84 valence electrons. The Hall–Kier alpha value is -0.790. The zero-order valence-corrected chi connectivity index (χ0v) is 9.71. The van der Waals surface area contributed by atoms with Crippen LogP contribution in [0.3, 0.4) is 0 Å². The first-order chi connectivity index (χ1) is 7.08. The van der Waals surface area contributed by atoms with Gasteiger partial charge in [0.25, 0.3) is 0 Å². The monoisotopic (exact) mass is 208 g/mol. The fraction of sp³-hybridized carbons (Fsp3) is 0.769. The highest BCUT2D eigenvalue weighted by Gasteiger charge is 2.32. The number of hydrogen-bond donors (Lipinski definition) is 0. The number of ether oxygens (including phenoxy) is 1. The van der Waals surface area contributed by atoms with Crippen molar-refractivity contribution in [1.29, 1.82) is 0 Å². The van der Waals surface area contributed by atoms with Crippen LogP contribution < -0.4 is 0 Å². The lowest BCUT2D eigenvalue weighted by Crippen LogP contribution is -2.27. The Morgan fingerprint density at radius 1 is 1.40 bits per heavy atom. The average molecular weight is 208 g/mol. The minimum atomic E-state index is 0.224. The molecular formula is C13H20O2. The summed E-state index contributed by atoms with van der Waals surface area (Å²) in [6.45, 7) is 5.28. The second kappa shape index (κ2) is 3.99. The van der Waals surface area contributed by atoms with Gasteiger partial charge >= 0.3 is 0 Å². The van der Waals surface area contributed by atoms with Crippen LogP contribution in [0.25, 0.3) is 0 Å². The van der Waals surface area contributed by atoms with E-state index in [4.69, 9.17) is 4.74 Å². The number of carbonyl (C=O) groups is 1. The van der Waals surface area contributed by atoms with Crippen molar-refractivity contribution in [3.8, 4) is 0 Å². The molecule has 0 spiro atoms. The standard InChI is InChI=1S/C13H20O2/c1-13(2)7-5-10(6-8-13)12(14)11-4-3-9-15-11/h4,10H,3,5-9H2,1-2H3. The van der Waals surface area contributed by atoms with E-state index in [1.165, 1.54) is 0 Å². The molecule has 0 unspecified atom stereocenters. The third-order valence-corrected chi connectivity index (χ3v) is 3.66. The quantitative estimate of drug-likeness (QED) is 0.697. The van der Waals surface area contributed by atoms with Gasteiger partial charge in [-0.25, -0.2) is 0 Å². The van der Waals surface area contributed by atoms with Crippen molar-refractivity contribution in [2.75, 3.05) is 6.61 Å². The molecule has 0 amide bonds. The van der Waals surface area contributed by atoms with E-state index < -0.39 is 0 Å². The minimum absolute atomic E-state index is 0.224. The van der Waals surface area contributed by atoms with Gasteiger partial charge in [0.15, 0.2) is 11.5 Å². The van der Waals surface area contributed by atoms with Crippen molar-refractivity contribution in [1.82, 2.24) is 0 Å². The summed E-state index contributed by atoms with van der Waals surface area (Å²) in [6.07, 6.45) is 7.24. The highest BCUT2D eigenvalue weighted by Crippen LogP contribution is 2.39. The van der Waals surface area contributed by atoms with Crippen molar-refractivity contribution in [3.63, 3.8) is 0 Å². The third-order valence-electron chi connectivity index (χ3n) is 3.66. The number of rotatable bonds is 2. The van der Waals surface area contributed by atoms with Crippen molar-refractivity contribution < 1.29 is 9.53 Å². The molecule has 0 radical (unpaired) electrons. The highest BCUT2D eigenvalue weighted by molar-refractivity contribution is 5.95. The van der Waals surface area contributed by atoms with Crippen LogP contribution in [0.5, 0.6) is 0 Å². The van der Waals surface area contributed by atoms with E-state index in [0.717, 1.165) is 32.1 Å². The van der Waals surface area contributed by atoms with Crippen molar-refractivity contribution in [2.45, 2.75) is 46.0 Å². The largest absolute Gasteiger partial charge is 0.490 e. The molecule has 2 aliphatic rings. The minimum Gasteiger partial charge on any atom is -0.490 e. The maximum absolute atomic E-state index is 12.0.